The summed E-state index contributed by atoms with van der Waals surface area (Å²) >= 11 is 13.3. The Labute approximate surface area is 399 Å². The summed E-state index contributed by atoms with van der Waals surface area (Å²) in [6.45, 7) is 10.4. The molecule has 67 heavy (non-hydrogen) atoms. The van der Waals surface area contributed by atoms with Crippen LogP contribution < -0.4 is 25.0 Å². The SMILES string of the molecule is CCCCn1ncn(-c2ccc(N3CCN(c4ccc(OCC5(Cc6cc(C)c(OC(=O)c7ccccc7)c(C)c6)COC(Cn6cncn6)(c6ccc(Cl)cc6Cl)O5)cc4)CC3)cc2)c1=O. The number of carbonyl (C=O) groups excluding carboxylic acids is 1. The van der Waals surface area contributed by atoms with Gasteiger partial charge in [-0.05, 0) is 110 Å². The zero-order valence-corrected chi connectivity index (χ0v) is 39.2. The normalized spacial score (nSPS) is 18.3. The van der Waals surface area contributed by atoms with Gasteiger partial charge >= 0.3 is 11.7 Å². The van der Waals surface area contributed by atoms with Gasteiger partial charge in [-0.15, -0.1) is 0 Å². The molecule has 0 radical (unpaired) electrons. The number of hydrogen-bond donors (Lipinski definition) is 0. The van der Waals surface area contributed by atoms with Gasteiger partial charge in [-0.2, -0.15) is 10.2 Å². The third-order valence-corrected chi connectivity index (χ3v) is 12.9. The minimum atomic E-state index is -1.38. The van der Waals surface area contributed by atoms with Gasteiger partial charge in [0.2, 0.25) is 5.79 Å². The summed E-state index contributed by atoms with van der Waals surface area (Å²) in [5.74, 6) is -0.612. The number of halogens is 2. The Bertz CT molecular complexity index is 2840. The van der Waals surface area contributed by atoms with Gasteiger partial charge in [0.25, 0.3) is 0 Å². The van der Waals surface area contributed by atoms with Crippen molar-refractivity contribution in [3.05, 3.63) is 177 Å². The van der Waals surface area contributed by atoms with Gasteiger partial charge in [-0.1, -0.05) is 72.9 Å². The van der Waals surface area contributed by atoms with Gasteiger partial charge in [-0.3, -0.25) is 0 Å². The fourth-order valence-electron chi connectivity index (χ4n) is 8.88. The molecule has 346 valence electrons. The van der Waals surface area contributed by atoms with E-state index < -0.39 is 17.4 Å². The molecule has 4 heterocycles. The summed E-state index contributed by atoms with van der Waals surface area (Å²) in [5.41, 5.74) is 5.48. The summed E-state index contributed by atoms with van der Waals surface area (Å²) in [5, 5.41) is 9.53. The summed E-state index contributed by atoms with van der Waals surface area (Å²) < 4.78 is 31.3. The molecule has 2 fully saturated rings. The number of aromatic nitrogens is 6. The quantitative estimate of drug-likeness (QED) is 0.0681. The number of anilines is 2. The van der Waals surface area contributed by atoms with Crippen LogP contribution in [0.5, 0.6) is 11.5 Å². The Hall–Kier alpha value is -6.45. The van der Waals surface area contributed by atoms with E-state index in [1.807, 2.05) is 74.5 Å². The number of rotatable bonds is 16. The summed E-state index contributed by atoms with van der Waals surface area (Å²) in [6.07, 6.45) is 6.96. The second-order valence-corrected chi connectivity index (χ2v) is 18.0. The van der Waals surface area contributed by atoms with Crippen LogP contribution in [0.15, 0.2) is 133 Å². The summed E-state index contributed by atoms with van der Waals surface area (Å²) in [7, 11) is 0. The number of carbonyl (C=O) groups is 1. The van der Waals surface area contributed by atoms with Crippen LogP contribution in [0.25, 0.3) is 5.69 Å². The maximum atomic E-state index is 13.1. The van der Waals surface area contributed by atoms with Crippen molar-refractivity contribution in [3.63, 3.8) is 0 Å². The molecule has 0 saturated carbocycles. The van der Waals surface area contributed by atoms with Gasteiger partial charge in [0.1, 0.15) is 49.2 Å². The molecule has 2 aliphatic rings. The number of unbranched alkanes of at least 4 members (excludes halogenated alkanes) is 1. The number of esters is 1. The predicted molar refractivity (Wildman–Crippen MR) is 258 cm³/mol. The fourth-order valence-corrected chi connectivity index (χ4v) is 9.43. The largest absolute Gasteiger partial charge is 0.490 e. The lowest BCUT2D eigenvalue weighted by atomic mass is 9.93. The van der Waals surface area contributed by atoms with Gasteiger partial charge in [-0.25, -0.2) is 28.5 Å². The topological polar surface area (TPSA) is 131 Å². The molecule has 9 rings (SSSR count). The molecule has 0 bridgehead atoms. The Balaban J connectivity index is 0.907. The summed E-state index contributed by atoms with van der Waals surface area (Å²) in [6, 6.07) is 34.4. The van der Waals surface area contributed by atoms with Crippen molar-refractivity contribution in [1.82, 2.24) is 29.1 Å². The molecule has 0 spiro atoms. The highest BCUT2D eigenvalue weighted by atomic mass is 35.5. The first-order chi connectivity index (χ1) is 32.5. The predicted octanol–water partition coefficient (Wildman–Crippen LogP) is 8.86. The van der Waals surface area contributed by atoms with Crippen LogP contribution in [0, 0.1) is 13.8 Å². The second-order valence-electron chi connectivity index (χ2n) is 17.2. The first-order valence-corrected chi connectivity index (χ1v) is 23.2. The molecule has 0 aliphatic carbocycles. The standard InChI is InChI=1S/C51H52Cl2N8O6/c1-4-5-21-61-49(63)60(35-56-61)43-14-12-41(13-15-43)57-22-24-58(25-23-57)42-16-18-44(19-17-42)64-31-50(29-38-26-36(2)47(37(3)27-38)66-48(62)39-9-7-6-8-10-39)32-65-51(67-50,30-59-34-54-33-55-59)45-20-11-40(52)28-46(45)53/h6-20,26-28,33-35H,4-5,21-25,29-32H2,1-3H3. The van der Waals surface area contributed by atoms with Crippen LogP contribution in [0.1, 0.15) is 52.4 Å². The van der Waals surface area contributed by atoms with Crippen molar-refractivity contribution < 1.29 is 23.7 Å². The van der Waals surface area contributed by atoms with Gasteiger partial charge in [0.05, 0.1) is 22.9 Å². The minimum absolute atomic E-state index is 0.120. The van der Waals surface area contributed by atoms with Crippen LogP contribution >= 0.6 is 23.2 Å². The number of benzene rings is 5. The molecule has 2 unspecified atom stereocenters. The van der Waals surface area contributed by atoms with Gasteiger partial charge in [0, 0.05) is 61.1 Å². The van der Waals surface area contributed by atoms with Crippen molar-refractivity contribution in [2.24, 2.45) is 0 Å². The summed E-state index contributed by atoms with van der Waals surface area (Å²) in [4.78, 5) is 34.8. The highest BCUT2D eigenvalue weighted by Gasteiger charge is 2.54. The number of nitrogens with zero attached hydrogens (tertiary/aromatic N) is 8. The maximum absolute atomic E-state index is 13.1. The zero-order chi connectivity index (χ0) is 46.5. The fraction of sp³-hybridized carbons (Fsp3) is 0.314. The van der Waals surface area contributed by atoms with E-state index in [2.05, 4.69) is 56.2 Å². The molecule has 0 amide bonds. The van der Waals surface area contributed by atoms with Crippen molar-refractivity contribution >= 4 is 40.5 Å². The zero-order valence-electron chi connectivity index (χ0n) is 37.7. The molecule has 2 aromatic heterocycles. The van der Waals surface area contributed by atoms with Crippen molar-refractivity contribution in [2.45, 2.75) is 64.5 Å². The molecular formula is C51H52Cl2N8O6. The number of aryl methyl sites for hydroxylation is 3. The third-order valence-electron chi connectivity index (χ3n) is 12.3. The Kier molecular flexibility index (Phi) is 13.5. The monoisotopic (exact) mass is 942 g/mol. The average Bonchev–Trinajstić information content (AvgIpc) is 4.09. The molecule has 0 N–H and O–H groups in total. The van der Waals surface area contributed by atoms with Crippen LogP contribution in [0.4, 0.5) is 11.4 Å². The molecule has 14 nitrogen and oxygen atoms in total. The smallest absolute Gasteiger partial charge is 0.350 e. The van der Waals surface area contributed by atoms with Gasteiger partial charge < -0.3 is 28.7 Å². The van der Waals surface area contributed by atoms with E-state index in [1.54, 1.807) is 46.2 Å². The first kappa shape index (κ1) is 45.7. The van der Waals surface area contributed by atoms with Crippen molar-refractivity contribution in [2.75, 3.05) is 49.2 Å². The molecule has 2 aliphatic heterocycles. The van der Waals surface area contributed by atoms with E-state index >= 15 is 0 Å². The lowest BCUT2D eigenvalue weighted by Gasteiger charge is -2.37. The van der Waals surface area contributed by atoms with Crippen LogP contribution in [0.3, 0.4) is 0 Å². The van der Waals surface area contributed by atoms with Crippen LogP contribution in [-0.4, -0.2) is 80.1 Å². The van der Waals surface area contributed by atoms with E-state index in [9.17, 15) is 9.59 Å². The molecule has 5 aromatic carbocycles. The number of ether oxygens (including phenoxy) is 4. The molecular weight excluding hydrogens is 892 g/mol. The first-order valence-electron chi connectivity index (χ1n) is 22.5. The lowest BCUT2D eigenvalue weighted by Crippen LogP contribution is -2.46. The van der Waals surface area contributed by atoms with Crippen molar-refractivity contribution in [1.29, 1.82) is 0 Å². The van der Waals surface area contributed by atoms with Gasteiger partial charge in [0.15, 0.2) is 0 Å². The molecule has 2 saturated heterocycles. The Morgan fingerprint density at radius 1 is 0.806 bits per heavy atom. The van der Waals surface area contributed by atoms with Crippen LogP contribution in [-0.2, 0) is 34.8 Å². The highest BCUT2D eigenvalue weighted by Crippen LogP contribution is 2.46. The van der Waals surface area contributed by atoms with Crippen molar-refractivity contribution in [3.8, 4) is 17.2 Å². The van der Waals surface area contributed by atoms with Crippen LogP contribution in [0.2, 0.25) is 10.0 Å². The van der Waals surface area contributed by atoms with E-state index in [1.165, 1.54) is 11.0 Å². The third kappa shape index (κ3) is 10.1. The number of piperazine rings is 1. The molecule has 2 atom stereocenters. The highest BCUT2D eigenvalue weighted by molar-refractivity contribution is 6.35. The number of hydrogen-bond acceptors (Lipinski definition) is 11. The minimum Gasteiger partial charge on any atom is -0.490 e. The van der Waals surface area contributed by atoms with E-state index in [4.69, 9.17) is 42.1 Å². The lowest BCUT2D eigenvalue weighted by molar-refractivity contribution is -0.211. The Morgan fingerprint density at radius 3 is 2.12 bits per heavy atom. The maximum Gasteiger partial charge on any atom is 0.350 e. The molecule has 16 heteroatoms. The average molecular weight is 944 g/mol. The Morgan fingerprint density at radius 2 is 1.48 bits per heavy atom. The second kappa shape index (κ2) is 19.8. The van der Waals surface area contributed by atoms with E-state index in [0.717, 1.165) is 72.8 Å². The van der Waals surface area contributed by atoms with E-state index in [-0.39, 0.29) is 25.4 Å². The van der Waals surface area contributed by atoms with E-state index in [0.29, 0.717) is 45.6 Å². The molecule has 7 aromatic rings.